The van der Waals surface area contributed by atoms with Crippen LogP contribution in [0.2, 0.25) is 0 Å². The van der Waals surface area contributed by atoms with E-state index in [2.05, 4.69) is 86.6 Å². The molecule has 0 spiro atoms. The van der Waals surface area contributed by atoms with Crippen LogP contribution in [0.3, 0.4) is 0 Å². The van der Waals surface area contributed by atoms with Crippen molar-refractivity contribution in [3.63, 3.8) is 0 Å². The van der Waals surface area contributed by atoms with Gasteiger partial charge in [-0.1, -0.05) is 65.9 Å². The molecule has 0 aliphatic heterocycles. The van der Waals surface area contributed by atoms with Crippen LogP contribution in [0, 0.1) is 6.92 Å². The predicted octanol–water partition coefficient (Wildman–Crippen LogP) is 4.69. The summed E-state index contributed by atoms with van der Waals surface area (Å²) in [6.45, 7) is 3.07. The molecular weight excluding hydrogens is 262 g/mol. The maximum Gasteiger partial charge on any atom is 0.0171 e. The highest BCUT2D eigenvalue weighted by atomic mass is 32.2. The molecule has 0 radical (unpaired) electrons. The van der Waals surface area contributed by atoms with E-state index in [0.717, 1.165) is 6.54 Å². The molecule has 0 unspecified atom stereocenters. The summed E-state index contributed by atoms with van der Waals surface area (Å²) in [5, 5.41) is 0. The quantitative estimate of drug-likeness (QED) is 0.732. The highest BCUT2D eigenvalue weighted by molar-refractivity contribution is 8.08. The topological polar surface area (TPSA) is 3.24 Å². The van der Waals surface area contributed by atoms with Gasteiger partial charge in [-0.15, -0.1) is 0 Å². The minimum atomic E-state index is 0.948. The van der Waals surface area contributed by atoms with E-state index in [1.54, 1.807) is 0 Å². The summed E-state index contributed by atoms with van der Waals surface area (Å²) < 4.78 is 0. The zero-order valence-electron chi connectivity index (χ0n) is 12.3. The van der Waals surface area contributed by atoms with Gasteiger partial charge in [-0.05, 0) is 38.7 Å². The Balaban J connectivity index is 2.23. The van der Waals surface area contributed by atoms with Crippen molar-refractivity contribution in [3.05, 3.63) is 71.8 Å². The number of likely N-dealkylation sites (N-methyl/N-ethyl adjacent to an activating group) is 1. The molecule has 0 fully saturated rings. The number of hydrogen-bond acceptors (Lipinski definition) is 2. The van der Waals surface area contributed by atoms with Crippen LogP contribution in [0.15, 0.2) is 65.6 Å². The lowest BCUT2D eigenvalue weighted by Crippen LogP contribution is -2.10. The number of aryl methyl sites for hydroxylation is 1. The van der Waals surface area contributed by atoms with Crippen LogP contribution in [-0.2, 0) is 0 Å². The maximum atomic E-state index is 2.29. The van der Waals surface area contributed by atoms with Crippen molar-refractivity contribution < 1.29 is 0 Å². The molecule has 2 rings (SSSR count). The lowest BCUT2D eigenvalue weighted by atomic mass is 10.2. The summed E-state index contributed by atoms with van der Waals surface area (Å²) >= 11 is 1.83. The van der Waals surface area contributed by atoms with Gasteiger partial charge in [0, 0.05) is 16.3 Å². The Kier molecular flexibility index (Phi) is 5.45. The fourth-order valence-corrected chi connectivity index (χ4v) is 2.76. The monoisotopic (exact) mass is 283 g/mol. The molecule has 0 aliphatic carbocycles. The molecule has 0 bridgehead atoms. The van der Waals surface area contributed by atoms with Gasteiger partial charge in [0.25, 0.3) is 0 Å². The fourth-order valence-electron chi connectivity index (χ4n) is 1.82. The molecule has 0 amide bonds. The third-order valence-corrected chi connectivity index (χ3v) is 4.08. The third kappa shape index (κ3) is 4.55. The summed E-state index contributed by atoms with van der Waals surface area (Å²) in [5.74, 6) is 0. The lowest BCUT2D eigenvalue weighted by molar-refractivity contribution is 0.457. The standard InChI is InChI=1S/C18H21NS/c1-15-9-11-17(12-10-15)20-18(13-14-19(2)3)16-7-5-4-6-8-16/h4-13H,14H2,1-3H3. The molecule has 0 aliphatic rings. The van der Waals surface area contributed by atoms with Gasteiger partial charge in [0.15, 0.2) is 0 Å². The van der Waals surface area contributed by atoms with Gasteiger partial charge < -0.3 is 4.90 Å². The first-order valence-electron chi connectivity index (χ1n) is 6.80. The van der Waals surface area contributed by atoms with Crippen molar-refractivity contribution in [2.75, 3.05) is 20.6 Å². The summed E-state index contributed by atoms with van der Waals surface area (Å²) in [6.07, 6.45) is 2.29. The van der Waals surface area contributed by atoms with E-state index in [0.29, 0.717) is 0 Å². The van der Waals surface area contributed by atoms with Crippen LogP contribution in [0.25, 0.3) is 4.91 Å². The number of nitrogens with zero attached hydrogens (tertiary/aromatic N) is 1. The Morgan fingerprint density at radius 2 is 1.65 bits per heavy atom. The van der Waals surface area contributed by atoms with Crippen LogP contribution in [-0.4, -0.2) is 25.5 Å². The summed E-state index contributed by atoms with van der Waals surface area (Å²) in [7, 11) is 4.19. The Morgan fingerprint density at radius 1 is 1.00 bits per heavy atom. The van der Waals surface area contributed by atoms with Crippen LogP contribution in [0.5, 0.6) is 0 Å². The molecule has 20 heavy (non-hydrogen) atoms. The summed E-state index contributed by atoms with van der Waals surface area (Å²) in [6, 6.07) is 19.3. The third-order valence-electron chi connectivity index (χ3n) is 2.95. The predicted molar refractivity (Wildman–Crippen MR) is 90.0 cm³/mol. The van der Waals surface area contributed by atoms with Gasteiger partial charge in [0.2, 0.25) is 0 Å². The van der Waals surface area contributed by atoms with Crippen LogP contribution in [0.4, 0.5) is 0 Å². The smallest absolute Gasteiger partial charge is 0.0171 e. The highest BCUT2D eigenvalue weighted by Gasteiger charge is 2.04. The minimum Gasteiger partial charge on any atom is -0.306 e. The van der Waals surface area contributed by atoms with Crippen molar-refractivity contribution >= 4 is 16.7 Å². The molecule has 104 valence electrons. The Labute approximate surface area is 126 Å². The molecule has 0 heterocycles. The zero-order valence-corrected chi connectivity index (χ0v) is 13.2. The molecule has 2 aromatic rings. The van der Waals surface area contributed by atoms with Gasteiger partial charge in [0.1, 0.15) is 0 Å². The van der Waals surface area contributed by atoms with Gasteiger partial charge in [0.05, 0.1) is 0 Å². The van der Waals surface area contributed by atoms with E-state index >= 15 is 0 Å². The van der Waals surface area contributed by atoms with E-state index < -0.39 is 0 Å². The van der Waals surface area contributed by atoms with Gasteiger partial charge in [-0.25, -0.2) is 0 Å². The van der Waals surface area contributed by atoms with Crippen LogP contribution >= 0.6 is 11.8 Å². The number of benzene rings is 2. The van der Waals surface area contributed by atoms with Crippen LogP contribution < -0.4 is 0 Å². The van der Waals surface area contributed by atoms with Gasteiger partial charge >= 0.3 is 0 Å². The van der Waals surface area contributed by atoms with E-state index in [9.17, 15) is 0 Å². The van der Waals surface area contributed by atoms with E-state index in [1.165, 1.54) is 20.9 Å². The first-order valence-corrected chi connectivity index (χ1v) is 7.61. The molecule has 0 saturated carbocycles. The Bertz CT molecular complexity index is 556. The highest BCUT2D eigenvalue weighted by Crippen LogP contribution is 2.34. The molecule has 0 atom stereocenters. The molecular formula is C18H21NS. The SMILES string of the molecule is Cc1ccc(SC(=CCN(C)C)c2ccccc2)cc1. The number of rotatable bonds is 5. The average Bonchev–Trinajstić information content (AvgIpc) is 2.46. The summed E-state index contributed by atoms with van der Waals surface area (Å²) in [5.41, 5.74) is 2.58. The second-order valence-corrected chi connectivity index (χ2v) is 6.23. The normalized spacial score (nSPS) is 11.9. The molecule has 0 aromatic heterocycles. The van der Waals surface area contributed by atoms with Crippen molar-refractivity contribution in [3.8, 4) is 0 Å². The first kappa shape index (κ1) is 14.9. The molecule has 0 N–H and O–H groups in total. The second-order valence-electron chi connectivity index (χ2n) is 5.11. The largest absolute Gasteiger partial charge is 0.306 e. The van der Waals surface area contributed by atoms with E-state index in [-0.39, 0.29) is 0 Å². The van der Waals surface area contributed by atoms with Crippen molar-refractivity contribution in [2.24, 2.45) is 0 Å². The number of hydrogen-bond donors (Lipinski definition) is 0. The molecule has 1 nitrogen and oxygen atoms in total. The molecule has 0 saturated heterocycles. The Morgan fingerprint density at radius 3 is 2.25 bits per heavy atom. The van der Waals surface area contributed by atoms with E-state index in [4.69, 9.17) is 0 Å². The molecule has 2 aromatic carbocycles. The Hall–Kier alpha value is -1.51. The average molecular weight is 283 g/mol. The van der Waals surface area contributed by atoms with Gasteiger partial charge in [-0.3, -0.25) is 0 Å². The second kappa shape index (κ2) is 7.32. The zero-order chi connectivity index (χ0) is 14.4. The first-order chi connectivity index (χ1) is 9.65. The lowest BCUT2D eigenvalue weighted by Gasteiger charge is -2.11. The fraction of sp³-hybridized carbons (Fsp3) is 0.222. The summed E-state index contributed by atoms with van der Waals surface area (Å²) in [4.78, 5) is 4.77. The maximum absolute atomic E-state index is 2.29. The molecule has 2 heteroatoms. The van der Waals surface area contributed by atoms with Crippen molar-refractivity contribution in [1.29, 1.82) is 0 Å². The van der Waals surface area contributed by atoms with Gasteiger partial charge in [-0.2, -0.15) is 0 Å². The van der Waals surface area contributed by atoms with Crippen molar-refractivity contribution in [1.82, 2.24) is 4.90 Å². The van der Waals surface area contributed by atoms with Crippen LogP contribution in [0.1, 0.15) is 11.1 Å². The minimum absolute atomic E-state index is 0.948. The van der Waals surface area contributed by atoms with Crippen molar-refractivity contribution in [2.45, 2.75) is 11.8 Å². The van der Waals surface area contributed by atoms with E-state index in [1.807, 2.05) is 11.8 Å². The number of thioether (sulfide) groups is 1.